The normalized spacial score (nSPS) is 11.9. The lowest BCUT2D eigenvalue weighted by molar-refractivity contribution is -0.138. The van der Waals surface area contributed by atoms with Gasteiger partial charge in [-0.15, -0.1) is 11.8 Å². The van der Waals surface area contributed by atoms with Gasteiger partial charge in [0.15, 0.2) is 0 Å². The molecule has 2 aromatic carbocycles. The molecule has 0 bridgehead atoms. The largest absolute Gasteiger partial charge is 0.458 e. The Bertz CT molecular complexity index is 900. The van der Waals surface area contributed by atoms with Crippen LogP contribution in [0.25, 0.3) is 6.08 Å². The molecule has 0 aliphatic rings. The van der Waals surface area contributed by atoms with E-state index in [2.05, 4.69) is 0 Å². The molecule has 150 valence electrons. The van der Waals surface area contributed by atoms with Crippen molar-refractivity contribution in [2.24, 2.45) is 0 Å². The highest BCUT2D eigenvalue weighted by Crippen LogP contribution is 2.17. The van der Waals surface area contributed by atoms with Gasteiger partial charge in [-0.25, -0.2) is 13.2 Å². The van der Waals surface area contributed by atoms with Crippen molar-refractivity contribution in [1.82, 2.24) is 4.31 Å². The molecule has 7 heteroatoms. The van der Waals surface area contributed by atoms with Crippen LogP contribution in [0.1, 0.15) is 25.0 Å². The van der Waals surface area contributed by atoms with Gasteiger partial charge in [0.1, 0.15) is 6.61 Å². The van der Waals surface area contributed by atoms with E-state index in [-0.39, 0.29) is 11.5 Å². The number of carbonyl (C=O) groups excluding carboxylic acids is 1. The first-order chi connectivity index (χ1) is 13.4. The topological polar surface area (TPSA) is 63.7 Å². The zero-order valence-electron chi connectivity index (χ0n) is 16.3. The predicted molar refractivity (Wildman–Crippen MR) is 114 cm³/mol. The van der Waals surface area contributed by atoms with E-state index in [0.717, 1.165) is 16.0 Å². The minimum absolute atomic E-state index is 0.207. The third kappa shape index (κ3) is 5.95. The van der Waals surface area contributed by atoms with Gasteiger partial charge < -0.3 is 4.74 Å². The summed E-state index contributed by atoms with van der Waals surface area (Å²) in [5.74, 6) is -0.450. The average molecular weight is 420 g/mol. The Morgan fingerprint density at radius 2 is 1.64 bits per heavy atom. The first-order valence-electron chi connectivity index (χ1n) is 8.98. The number of nitrogens with zero attached hydrogens (tertiary/aromatic N) is 1. The van der Waals surface area contributed by atoms with Gasteiger partial charge in [0.25, 0.3) is 0 Å². The van der Waals surface area contributed by atoms with Crippen molar-refractivity contribution in [3.63, 3.8) is 0 Å². The lowest BCUT2D eigenvalue weighted by Gasteiger charge is -2.18. The van der Waals surface area contributed by atoms with Gasteiger partial charge >= 0.3 is 5.97 Å². The number of benzene rings is 2. The molecule has 0 aromatic heterocycles. The molecule has 0 heterocycles. The summed E-state index contributed by atoms with van der Waals surface area (Å²) in [6, 6.07) is 14.3. The van der Waals surface area contributed by atoms with E-state index in [4.69, 9.17) is 4.74 Å². The molecule has 0 radical (unpaired) electrons. The highest BCUT2D eigenvalue weighted by Gasteiger charge is 2.20. The Hall–Kier alpha value is -2.09. The molecule has 0 saturated carbocycles. The summed E-state index contributed by atoms with van der Waals surface area (Å²) in [5.41, 5.74) is 1.64. The van der Waals surface area contributed by atoms with E-state index >= 15 is 0 Å². The van der Waals surface area contributed by atoms with Crippen LogP contribution < -0.4 is 0 Å². The van der Waals surface area contributed by atoms with Gasteiger partial charge in [0.2, 0.25) is 10.0 Å². The van der Waals surface area contributed by atoms with Crippen molar-refractivity contribution in [3.05, 3.63) is 65.7 Å². The van der Waals surface area contributed by atoms with Gasteiger partial charge in [-0.2, -0.15) is 4.31 Å². The second-order valence-electron chi connectivity index (χ2n) is 5.95. The second kappa shape index (κ2) is 10.5. The highest BCUT2D eigenvalue weighted by molar-refractivity contribution is 7.98. The number of thioether (sulfide) groups is 1. The maximum atomic E-state index is 12.5. The first-order valence-corrected chi connectivity index (χ1v) is 11.6. The van der Waals surface area contributed by atoms with E-state index in [1.165, 1.54) is 10.4 Å². The summed E-state index contributed by atoms with van der Waals surface area (Å²) in [5, 5.41) is 0. The molecule has 0 N–H and O–H groups in total. The van der Waals surface area contributed by atoms with Gasteiger partial charge in [-0.1, -0.05) is 38.1 Å². The van der Waals surface area contributed by atoms with E-state index in [1.54, 1.807) is 56.0 Å². The number of rotatable bonds is 9. The van der Waals surface area contributed by atoms with Gasteiger partial charge in [-0.3, -0.25) is 0 Å². The molecule has 0 saturated heterocycles. The van der Waals surface area contributed by atoms with E-state index in [9.17, 15) is 13.2 Å². The minimum Gasteiger partial charge on any atom is -0.458 e. The molecule has 0 fully saturated rings. The van der Waals surface area contributed by atoms with Crippen LogP contribution in [0, 0.1) is 0 Å². The summed E-state index contributed by atoms with van der Waals surface area (Å²) in [7, 11) is -3.48. The van der Waals surface area contributed by atoms with E-state index in [1.807, 2.05) is 30.5 Å². The van der Waals surface area contributed by atoms with Crippen LogP contribution in [0.2, 0.25) is 0 Å². The highest BCUT2D eigenvalue weighted by atomic mass is 32.2. The monoisotopic (exact) mass is 419 g/mol. The smallest absolute Gasteiger partial charge is 0.331 e. The Balaban J connectivity index is 1.95. The molecule has 0 amide bonds. The Morgan fingerprint density at radius 1 is 1.04 bits per heavy atom. The number of esters is 1. The first kappa shape index (κ1) is 22.2. The molecule has 0 aliphatic heterocycles. The fourth-order valence-corrected chi connectivity index (χ4v) is 4.42. The number of carbonyl (C=O) groups is 1. The molecule has 0 atom stereocenters. The maximum absolute atomic E-state index is 12.5. The van der Waals surface area contributed by atoms with Gasteiger partial charge in [-0.05, 0) is 47.7 Å². The summed E-state index contributed by atoms with van der Waals surface area (Å²) in [6.07, 6.45) is 4.95. The van der Waals surface area contributed by atoms with E-state index < -0.39 is 16.0 Å². The van der Waals surface area contributed by atoms with Crippen LogP contribution in [0.15, 0.2) is 64.4 Å². The SMILES string of the molecule is CCN(CC)S(=O)(=O)c1ccc(/C=C/C(=O)OCc2ccc(SC)cc2)cc1. The van der Waals surface area contributed by atoms with Crippen molar-refractivity contribution in [2.45, 2.75) is 30.2 Å². The molecule has 0 aliphatic carbocycles. The number of hydrogen-bond donors (Lipinski definition) is 0. The molecule has 0 spiro atoms. The summed E-state index contributed by atoms with van der Waals surface area (Å²) >= 11 is 1.65. The molecule has 2 aromatic rings. The van der Waals surface area contributed by atoms with Gasteiger partial charge in [0.05, 0.1) is 4.90 Å². The Morgan fingerprint density at radius 3 is 2.18 bits per heavy atom. The second-order valence-corrected chi connectivity index (χ2v) is 8.77. The summed E-state index contributed by atoms with van der Waals surface area (Å²) in [4.78, 5) is 13.3. The van der Waals surface area contributed by atoms with Crippen molar-refractivity contribution in [3.8, 4) is 0 Å². The average Bonchev–Trinajstić information content (AvgIpc) is 2.72. The maximum Gasteiger partial charge on any atom is 0.331 e. The number of hydrogen-bond acceptors (Lipinski definition) is 5. The van der Waals surface area contributed by atoms with E-state index in [0.29, 0.717) is 13.1 Å². The fourth-order valence-electron chi connectivity index (χ4n) is 2.55. The molecule has 2 rings (SSSR count). The minimum atomic E-state index is -3.48. The molecule has 0 unspecified atom stereocenters. The zero-order valence-corrected chi connectivity index (χ0v) is 17.9. The zero-order chi connectivity index (χ0) is 20.6. The molecule has 28 heavy (non-hydrogen) atoms. The van der Waals surface area contributed by atoms with Crippen molar-refractivity contribution in [1.29, 1.82) is 0 Å². The van der Waals surface area contributed by atoms with Crippen LogP contribution in [0.4, 0.5) is 0 Å². The van der Waals surface area contributed by atoms with Crippen LogP contribution in [-0.2, 0) is 26.2 Å². The van der Waals surface area contributed by atoms with Gasteiger partial charge in [0, 0.05) is 24.1 Å². The Labute approximate surface area is 171 Å². The number of ether oxygens (including phenoxy) is 1. The Kier molecular flexibility index (Phi) is 8.29. The predicted octanol–water partition coefficient (Wildman–Crippen LogP) is 4.20. The molecule has 5 nitrogen and oxygen atoms in total. The van der Waals surface area contributed by atoms with Crippen LogP contribution >= 0.6 is 11.8 Å². The fraction of sp³-hybridized carbons (Fsp3) is 0.286. The number of sulfonamides is 1. The quantitative estimate of drug-likeness (QED) is 0.346. The van der Waals surface area contributed by atoms with Crippen LogP contribution in [0.3, 0.4) is 0 Å². The summed E-state index contributed by atoms with van der Waals surface area (Å²) < 4.78 is 31.6. The van der Waals surface area contributed by atoms with Crippen LogP contribution in [0.5, 0.6) is 0 Å². The van der Waals surface area contributed by atoms with Crippen molar-refractivity contribution >= 4 is 33.8 Å². The molecular weight excluding hydrogens is 394 g/mol. The third-order valence-electron chi connectivity index (χ3n) is 4.18. The van der Waals surface area contributed by atoms with Crippen molar-refractivity contribution < 1.29 is 17.9 Å². The standard InChI is InChI=1S/C21H25NO4S2/c1-4-22(5-2)28(24,25)20-13-8-17(9-14-20)10-15-21(23)26-16-18-6-11-19(27-3)12-7-18/h6-15H,4-5,16H2,1-3H3/b15-10+. The van der Waals surface area contributed by atoms with Crippen LogP contribution in [-0.4, -0.2) is 38.0 Å². The lowest BCUT2D eigenvalue weighted by Crippen LogP contribution is -2.30. The third-order valence-corrected chi connectivity index (χ3v) is 6.98. The van der Waals surface area contributed by atoms with Crippen molar-refractivity contribution in [2.75, 3.05) is 19.3 Å². The molecular formula is C21H25NO4S2. The summed E-state index contributed by atoms with van der Waals surface area (Å²) in [6.45, 7) is 4.67. The lowest BCUT2D eigenvalue weighted by atomic mass is 10.2.